The summed E-state index contributed by atoms with van der Waals surface area (Å²) >= 11 is 0. The van der Waals surface area contributed by atoms with Crippen LogP contribution in [-0.4, -0.2) is 44.5 Å². The number of carbonyl (C=O) groups excluding carboxylic acids is 2. The van der Waals surface area contributed by atoms with Crippen molar-refractivity contribution in [1.29, 1.82) is 0 Å². The van der Waals surface area contributed by atoms with Crippen LogP contribution in [0.15, 0.2) is 76.5 Å². The zero-order valence-electron chi connectivity index (χ0n) is 20.5. The van der Waals surface area contributed by atoms with E-state index in [-0.39, 0.29) is 11.6 Å². The van der Waals surface area contributed by atoms with E-state index in [1.165, 1.54) is 12.5 Å². The molecule has 4 rings (SSSR count). The maximum Gasteiger partial charge on any atom is 0.418 e. The van der Waals surface area contributed by atoms with E-state index < -0.39 is 29.4 Å². The average molecular weight is 525 g/mol. The van der Waals surface area contributed by atoms with E-state index in [4.69, 9.17) is 4.84 Å². The van der Waals surface area contributed by atoms with Crippen LogP contribution in [0.1, 0.15) is 23.9 Å². The van der Waals surface area contributed by atoms with Crippen molar-refractivity contribution in [3.8, 4) is 11.1 Å². The van der Waals surface area contributed by atoms with E-state index in [9.17, 15) is 22.8 Å². The first-order valence-electron chi connectivity index (χ1n) is 11.2. The smallest absolute Gasteiger partial charge is 0.369 e. The Hall–Kier alpha value is -4.65. The minimum absolute atomic E-state index is 0.00213. The SMILES string of the molecule is CC(=O)N=C1C=C/C(=N\C(=O)NC2=CN(Cc3ccc(-c4c(C)ncnc4C)cc3)NO2)C=C1C(F)(F)F. The first-order valence-corrected chi connectivity index (χ1v) is 11.2. The Kier molecular flexibility index (Phi) is 7.48. The number of hydrogen-bond acceptors (Lipinski definition) is 7. The van der Waals surface area contributed by atoms with Crippen molar-refractivity contribution < 1.29 is 27.6 Å². The number of carbonyl (C=O) groups is 2. The fraction of sp³-hybridized carbons (Fsp3) is 0.200. The van der Waals surface area contributed by atoms with E-state index in [1.54, 1.807) is 5.01 Å². The van der Waals surface area contributed by atoms with E-state index in [2.05, 4.69) is 30.9 Å². The predicted molar refractivity (Wildman–Crippen MR) is 132 cm³/mol. The molecule has 2 aliphatic rings. The molecule has 0 saturated carbocycles. The van der Waals surface area contributed by atoms with Crippen molar-refractivity contribution in [3.63, 3.8) is 0 Å². The molecule has 1 aromatic heterocycles. The summed E-state index contributed by atoms with van der Waals surface area (Å²) < 4.78 is 40.0. The predicted octanol–water partition coefficient (Wildman–Crippen LogP) is 4.01. The fourth-order valence-corrected chi connectivity index (χ4v) is 3.76. The second-order valence-electron chi connectivity index (χ2n) is 8.30. The molecule has 1 aliphatic heterocycles. The van der Waals surface area contributed by atoms with Crippen molar-refractivity contribution in [1.82, 2.24) is 25.9 Å². The largest absolute Gasteiger partial charge is 0.418 e. The number of aliphatic imine (C=N–C) groups is 2. The third-order valence-electron chi connectivity index (χ3n) is 5.39. The van der Waals surface area contributed by atoms with Gasteiger partial charge in [0.2, 0.25) is 11.8 Å². The lowest BCUT2D eigenvalue weighted by atomic mass is 10.0. The second kappa shape index (κ2) is 10.8. The number of nitrogens with zero attached hydrogens (tertiary/aromatic N) is 5. The highest BCUT2D eigenvalue weighted by molar-refractivity contribution is 6.24. The number of benzene rings is 1. The molecule has 0 unspecified atom stereocenters. The minimum Gasteiger partial charge on any atom is -0.369 e. The fourth-order valence-electron chi connectivity index (χ4n) is 3.76. The van der Waals surface area contributed by atoms with Gasteiger partial charge in [-0.25, -0.2) is 19.8 Å². The highest BCUT2D eigenvalue weighted by Gasteiger charge is 2.37. The summed E-state index contributed by atoms with van der Waals surface area (Å²) in [6.45, 7) is 5.27. The molecular formula is C25H22F3N7O3. The maximum absolute atomic E-state index is 13.3. The molecule has 1 aliphatic carbocycles. The van der Waals surface area contributed by atoms with Crippen molar-refractivity contribution in [2.24, 2.45) is 9.98 Å². The zero-order chi connectivity index (χ0) is 27.4. The molecule has 0 fully saturated rings. The van der Waals surface area contributed by atoms with Crippen LogP contribution >= 0.6 is 0 Å². The number of hydrazine groups is 1. The lowest BCUT2D eigenvalue weighted by Gasteiger charge is -2.15. The van der Waals surface area contributed by atoms with Crippen LogP contribution < -0.4 is 10.9 Å². The van der Waals surface area contributed by atoms with Crippen molar-refractivity contribution in [2.45, 2.75) is 33.5 Å². The van der Waals surface area contributed by atoms with Gasteiger partial charge in [0, 0.05) is 23.9 Å². The number of nitrogens with one attached hydrogen (secondary N) is 2. The molecule has 10 nitrogen and oxygen atoms in total. The quantitative estimate of drug-likeness (QED) is 0.579. The molecule has 2 heterocycles. The van der Waals surface area contributed by atoms with Gasteiger partial charge in [-0.2, -0.15) is 18.2 Å². The molecule has 0 atom stereocenters. The monoisotopic (exact) mass is 525 g/mol. The number of halogens is 3. The number of urea groups is 1. The highest BCUT2D eigenvalue weighted by Crippen LogP contribution is 2.29. The van der Waals surface area contributed by atoms with E-state index in [1.807, 2.05) is 38.1 Å². The number of alkyl halides is 3. The van der Waals surface area contributed by atoms with Crippen LogP contribution in [0.5, 0.6) is 0 Å². The summed E-state index contributed by atoms with van der Waals surface area (Å²) in [5.41, 5.74) is 5.26. The Morgan fingerprint density at radius 2 is 1.76 bits per heavy atom. The van der Waals surface area contributed by atoms with E-state index in [0.29, 0.717) is 12.6 Å². The van der Waals surface area contributed by atoms with Crippen LogP contribution in [0.25, 0.3) is 11.1 Å². The van der Waals surface area contributed by atoms with Crippen molar-refractivity contribution in [3.05, 3.63) is 83.4 Å². The van der Waals surface area contributed by atoms with Gasteiger partial charge < -0.3 is 4.84 Å². The van der Waals surface area contributed by atoms with Gasteiger partial charge in [-0.05, 0) is 43.2 Å². The first kappa shape index (κ1) is 26.4. The third kappa shape index (κ3) is 6.37. The number of amides is 3. The molecule has 2 aromatic rings. The van der Waals surface area contributed by atoms with Gasteiger partial charge in [-0.1, -0.05) is 29.9 Å². The highest BCUT2D eigenvalue weighted by atomic mass is 19.4. The van der Waals surface area contributed by atoms with Gasteiger partial charge in [0.1, 0.15) is 6.33 Å². The Morgan fingerprint density at radius 1 is 1.08 bits per heavy atom. The van der Waals surface area contributed by atoms with Crippen LogP contribution in [-0.2, 0) is 16.2 Å². The van der Waals surface area contributed by atoms with Gasteiger partial charge in [0.05, 0.1) is 29.7 Å². The molecular weight excluding hydrogens is 503 g/mol. The second-order valence-corrected chi connectivity index (χ2v) is 8.30. The number of aromatic nitrogens is 2. The lowest BCUT2D eigenvalue weighted by molar-refractivity contribution is -0.115. The molecule has 0 bridgehead atoms. The van der Waals surface area contributed by atoms with E-state index in [0.717, 1.165) is 47.2 Å². The molecule has 0 radical (unpaired) electrons. The van der Waals surface area contributed by atoms with Crippen LogP contribution in [0.2, 0.25) is 0 Å². The summed E-state index contributed by atoms with van der Waals surface area (Å²) in [6, 6.07) is 6.83. The summed E-state index contributed by atoms with van der Waals surface area (Å²) in [7, 11) is 0. The summed E-state index contributed by atoms with van der Waals surface area (Å²) in [5, 5.41) is 3.91. The molecule has 0 spiro atoms. The minimum atomic E-state index is -4.79. The van der Waals surface area contributed by atoms with Crippen LogP contribution in [0.4, 0.5) is 18.0 Å². The molecule has 38 heavy (non-hydrogen) atoms. The lowest BCUT2D eigenvalue weighted by Crippen LogP contribution is -2.28. The zero-order valence-corrected chi connectivity index (χ0v) is 20.5. The Morgan fingerprint density at radius 3 is 2.39 bits per heavy atom. The number of allylic oxidation sites excluding steroid dienone is 4. The summed E-state index contributed by atoms with van der Waals surface area (Å²) in [4.78, 5) is 44.1. The van der Waals surface area contributed by atoms with Crippen molar-refractivity contribution in [2.75, 3.05) is 0 Å². The molecule has 13 heteroatoms. The number of hydrogen-bond donors (Lipinski definition) is 2. The molecule has 0 saturated heterocycles. The Balaban J connectivity index is 1.40. The Bertz CT molecular complexity index is 1400. The van der Waals surface area contributed by atoms with Gasteiger partial charge in [-0.15, -0.1) is 0 Å². The molecule has 196 valence electrons. The maximum atomic E-state index is 13.3. The number of rotatable bonds is 4. The average Bonchev–Trinajstić information content (AvgIpc) is 3.26. The molecule has 1 aromatic carbocycles. The summed E-state index contributed by atoms with van der Waals surface area (Å²) in [6.07, 6.45) is 0.978. The standard InChI is InChI=1S/C25H22F3N7O3/c1-14-23(15(2)30-13-29-14)18-6-4-17(5-7-18)11-35-12-22(38-34-35)33-24(37)32-19-8-9-21(31-16(3)36)20(10-19)25(26,27)28/h4-10,12-13,34H,11H2,1-3H3,(H,33,37)/b31-21?,32-19+. The molecule has 3 amide bonds. The topological polar surface area (TPSA) is 121 Å². The van der Waals surface area contributed by atoms with Crippen LogP contribution in [0.3, 0.4) is 0 Å². The first-order chi connectivity index (χ1) is 18.0. The van der Waals surface area contributed by atoms with Gasteiger partial charge in [-0.3, -0.25) is 15.1 Å². The normalized spacial score (nSPS) is 17.4. The van der Waals surface area contributed by atoms with E-state index >= 15 is 0 Å². The Labute approximate surface area is 215 Å². The summed E-state index contributed by atoms with van der Waals surface area (Å²) in [5.74, 6) is -0.783. The molecule has 2 N–H and O–H groups in total. The van der Waals surface area contributed by atoms with Gasteiger partial charge in [0.25, 0.3) is 0 Å². The third-order valence-corrected chi connectivity index (χ3v) is 5.39. The number of aryl methyl sites for hydroxylation is 2. The van der Waals surface area contributed by atoms with Crippen molar-refractivity contribution >= 4 is 23.4 Å². The van der Waals surface area contributed by atoms with Crippen LogP contribution in [0, 0.1) is 13.8 Å². The van der Waals surface area contributed by atoms with Gasteiger partial charge in [0.15, 0.2) is 0 Å². The van der Waals surface area contributed by atoms with Gasteiger partial charge >= 0.3 is 12.2 Å².